The summed E-state index contributed by atoms with van der Waals surface area (Å²) in [6.07, 6.45) is 0.866. The third-order valence-corrected chi connectivity index (χ3v) is 4.70. The number of nitrogens with one attached hydrogen (secondary N) is 2. The van der Waals surface area contributed by atoms with Crippen molar-refractivity contribution in [2.24, 2.45) is 5.92 Å². The third-order valence-electron chi connectivity index (χ3n) is 3.14. The van der Waals surface area contributed by atoms with Gasteiger partial charge in [-0.15, -0.1) is 0 Å². The lowest BCUT2D eigenvalue weighted by Gasteiger charge is -2.13. The standard InChI is InChI=1S/C16H26N2O4S/c1-5-18-23(20,21)15-11-13(7-8-14(15)22-6-2)16(19)17-10-9-12(3)4/h7-8,11-12,18H,5-6,9-10H2,1-4H3,(H,17,19). The molecule has 1 aromatic carbocycles. The summed E-state index contributed by atoms with van der Waals surface area (Å²) in [7, 11) is -3.71. The molecular weight excluding hydrogens is 316 g/mol. The number of benzene rings is 1. The van der Waals surface area contributed by atoms with Crippen LogP contribution in [-0.4, -0.2) is 34.0 Å². The Morgan fingerprint density at radius 2 is 1.96 bits per heavy atom. The average Bonchev–Trinajstić information content (AvgIpc) is 2.47. The van der Waals surface area contributed by atoms with Crippen molar-refractivity contribution in [3.05, 3.63) is 23.8 Å². The van der Waals surface area contributed by atoms with Crippen molar-refractivity contribution < 1.29 is 17.9 Å². The second kappa shape index (κ2) is 8.88. The molecule has 0 aliphatic carbocycles. The molecule has 0 saturated carbocycles. The van der Waals surface area contributed by atoms with E-state index in [9.17, 15) is 13.2 Å². The summed E-state index contributed by atoms with van der Waals surface area (Å²) in [4.78, 5) is 12.1. The van der Waals surface area contributed by atoms with Gasteiger partial charge in [-0.05, 0) is 37.5 Å². The zero-order valence-electron chi connectivity index (χ0n) is 14.2. The van der Waals surface area contributed by atoms with E-state index in [1.807, 2.05) is 0 Å². The molecule has 6 nitrogen and oxygen atoms in total. The number of hydrogen-bond donors (Lipinski definition) is 2. The minimum Gasteiger partial charge on any atom is -0.492 e. The molecule has 1 aromatic rings. The predicted molar refractivity (Wildman–Crippen MR) is 90.3 cm³/mol. The number of sulfonamides is 1. The van der Waals surface area contributed by atoms with Crippen LogP contribution in [0.2, 0.25) is 0 Å². The molecule has 130 valence electrons. The Hall–Kier alpha value is -1.60. The second-order valence-electron chi connectivity index (χ2n) is 5.53. The zero-order valence-corrected chi connectivity index (χ0v) is 15.0. The van der Waals surface area contributed by atoms with Gasteiger partial charge < -0.3 is 10.1 Å². The van der Waals surface area contributed by atoms with Crippen molar-refractivity contribution in [1.29, 1.82) is 0 Å². The molecule has 0 aromatic heterocycles. The maximum atomic E-state index is 12.3. The summed E-state index contributed by atoms with van der Waals surface area (Å²) in [5, 5.41) is 2.80. The van der Waals surface area contributed by atoms with Crippen molar-refractivity contribution in [3.8, 4) is 5.75 Å². The van der Waals surface area contributed by atoms with Crippen molar-refractivity contribution in [3.63, 3.8) is 0 Å². The fraction of sp³-hybridized carbons (Fsp3) is 0.562. The highest BCUT2D eigenvalue weighted by molar-refractivity contribution is 7.89. The molecule has 1 rings (SSSR count). The third kappa shape index (κ3) is 5.84. The largest absolute Gasteiger partial charge is 0.492 e. The van der Waals surface area contributed by atoms with E-state index in [1.54, 1.807) is 19.9 Å². The Morgan fingerprint density at radius 1 is 1.26 bits per heavy atom. The highest BCUT2D eigenvalue weighted by Crippen LogP contribution is 2.25. The molecule has 0 atom stereocenters. The van der Waals surface area contributed by atoms with Gasteiger partial charge in [0.25, 0.3) is 5.91 Å². The quantitative estimate of drug-likeness (QED) is 0.720. The fourth-order valence-electron chi connectivity index (χ4n) is 1.98. The average molecular weight is 342 g/mol. The summed E-state index contributed by atoms with van der Waals surface area (Å²) >= 11 is 0. The van der Waals surface area contributed by atoms with Crippen molar-refractivity contribution in [1.82, 2.24) is 10.0 Å². The Labute approximate surface area is 138 Å². The van der Waals surface area contributed by atoms with Crippen LogP contribution in [0.5, 0.6) is 5.75 Å². The molecule has 0 bridgehead atoms. The van der Waals surface area contributed by atoms with Gasteiger partial charge in [-0.25, -0.2) is 13.1 Å². The molecule has 7 heteroatoms. The molecule has 0 fully saturated rings. The van der Waals surface area contributed by atoms with Crippen LogP contribution in [0.4, 0.5) is 0 Å². The van der Waals surface area contributed by atoms with Gasteiger partial charge >= 0.3 is 0 Å². The Kier molecular flexibility index (Phi) is 7.51. The lowest BCUT2D eigenvalue weighted by molar-refractivity contribution is 0.0951. The van der Waals surface area contributed by atoms with Crippen molar-refractivity contribution >= 4 is 15.9 Å². The lowest BCUT2D eigenvalue weighted by Crippen LogP contribution is -2.27. The smallest absolute Gasteiger partial charge is 0.251 e. The predicted octanol–water partition coefficient (Wildman–Crippen LogP) is 2.16. The van der Waals surface area contributed by atoms with E-state index in [0.717, 1.165) is 6.42 Å². The van der Waals surface area contributed by atoms with Crippen LogP contribution in [0.25, 0.3) is 0 Å². The first kappa shape index (κ1) is 19.4. The van der Waals surface area contributed by atoms with Crippen LogP contribution in [0.3, 0.4) is 0 Å². The van der Waals surface area contributed by atoms with Gasteiger partial charge in [0.15, 0.2) is 0 Å². The van der Waals surface area contributed by atoms with Crippen LogP contribution in [0.15, 0.2) is 23.1 Å². The SMILES string of the molecule is CCNS(=O)(=O)c1cc(C(=O)NCCC(C)C)ccc1OCC. The molecule has 0 radical (unpaired) electrons. The van der Waals surface area contributed by atoms with Crippen molar-refractivity contribution in [2.75, 3.05) is 19.7 Å². The first-order valence-electron chi connectivity index (χ1n) is 7.86. The number of amides is 1. The summed E-state index contributed by atoms with van der Waals surface area (Å²) in [5.41, 5.74) is 0.300. The fourth-order valence-corrected chi connectivity index (χ4v) is 3.19. The van der Waals surface area contributed by atoms with Gasteiger partial charge in [-0.2, -0.15) is 0 Å². The van der Waals surface area contributed by atoms with Crippen LogP contribution in [0, 0.1) is 5.92 Å². The maximum absolute atomic E-state index is 12.3. The van der Waals surface area contributed by atoms with E-state index in [1.165, 1.54) is 12.1 Å². The number of rotatable bonds is 9. The molecule has 0 spiro atoms. The van der Waals surface area contributed by atoms with E-state index in [0.29, 0.717) is 24.6 Å². The van der Waals surface area contributed by atoms with Crippen LogP contribution >= 0.6 is 0 Å². The van der Waals surface area contributed by atoms with Crippen LogP contribution in [0.1, 0.15) is 44.5 Å². The summed E-state index contributed by atoms with van der Waals surface area (Å²) in [6.45, 7) is 8.77. The number of hydrogen-bond acceptors (Lipinski definition) is 4. The topological polar surface area (TPSA) is 84.5 Å². The summed E-state index contributed by atoms with van der Waals surface area (Å²) in [6, 6.07) is 4.44. The van der Waals surface area contributed by atoms with E-state index >= 15 is 0 Å². The van der Waals surface area contributed by atoms with Gasteiger partial charge in [0.05, 0.1) is 6.61 Å². The first-order valence-corrected chi connectivity index (χ1v) is 9.34. The molecule has 0 unspecified atom stereocenters. The second-order valence-corrected chi connectivity index (χ2v) is 7.27. The lowest BCUT2D eigenvalue weighted by atomic mass is 10.1. The Morgan fingerprint density at radius 3 is 2.52 bits per heavy atom. The Bertz CT molecular complexity index is 627. The Balaban J connectivity index is 3.06. The van der Waals surface area contributed by atoms with E-state index < -0.39 is 10.0 Å². The van der Waals surface area contributed by atoms with Gasteiger partial charge in [-0.1, -0.05) is 20.8 Å². The highest BCUT2D eigenvalue weighted by Gasteiger charge is 2.21. The summed E-state index contributed by atoms with van der Waals surface area (Å²) < 4.78 is 32.4. The normalized spacial score (nSPS) is 11.5. The van der Waals surface area contributed by atoms with E-state index in [4.69, 9.17) is 4.74 Å². The number of ether oxygens (including phenoxy) is 1. The molecule has 0 aliphatic rings. The summed E-state index contributed by atoms with van der Waals surface area (Å²) in [5.74, 6) is 0.439. The van der Waals surface area contributed by atoms with Gasteiger partial charge in [-0.3, -0.25) is 4.79 Å². The molecule has 2 N–H and O–H groups in total. The van der Waals surface area contributed by atoms with Gasteiger partial charge in [0, 0.05) is 18.7 Å². The number of carbonyl (C=O) groups is 1. The molecule has 0 aliphatic heterocycles. The maximum Gasteiger partial charge on any atom is 0.251 e. The molecule has 1 amide bonds. The monoisotopic (exact) mass is 342 g/mol. The van der Waals surface area contributed by atoms with E-state index in [2.05, 4.69) is 23.9 Å². The van der Waals surface area contributed by atoms with Gasteiger partial charge in [0.2, 0.25) is 10.0 Å². The minimum atomic E-state index is -3.71. The van der Waals surface area contributed by atoms with Gasteiger partial charge in [0.1, 0.15) is 10.6 Å². The van der Waals surface area contributed by atoms with Crippen LogP contribution < -0.4 is 14.8 Å². The minimum absolute atomic E-state index is 0.0160. The number of carbonyl (C=O) groups excluding carboxylic acids is 1. The van der Waals surface area contributed by atoms with Crippen LogP contribution in [-0.2, 0) is 10.0 Å². The highest BCUT2D eigenvalue weighted by atomic mass is 32.2. The molecule has 0 heterocycles. The molecule has 0 saturated heterocycles. The molecular formula is C16H26N2O4S. The zero-order chi connectivity index (χ0) is 17.5. The molecule has 23 heavy (non-hydrogen) atoms. The first-order chi connectivity index (χ1) is 10.8. The van der Waals surface area contributed by atoms with E-state index in [-0.39, 0.29) is 23.1 Å². The van der Waals surface area contributed by atoms with Crippen molar-refractivity contribution in [2.45, 2.75) is 39.0 Å².